The predicted octanol–water partition coefficient (Wildman–Crippen LogP) is 13.9. The van der Waals surface area contributed by atoms with E-state index in [0.717, 1.165) is 44.2 Å². The van der Waals surface area contributed by atoms with Crippen LogP contribution in [0.15, 0.2) is 186 Å². The zero-order valence-corrected chi connectivity index (χ0v) is 31.2. The molecule has 0 amide bonds. The Bertz CT molecular complexity index is 3420. The van der Waals surface area contributed by atoms with Crippen molar-refractivity contribution >= 4 is 75.3 Å². The molecule has 4 heterocycles. The molecule has 12 aromatic rings. The number of hydrogen-bond acceptors (Lipinski definition) is 5. The maximum atomic E-state index is 6.85. The first-order valence-electron chi connectivity index (χ1n) is 19.0. The van der Waals surface area contributed by atoms with Gasteiger partial charge < -0.3 is 8.98 Å². The Morgan fingerprint density at radius 2 is 0.965 bits per heavy atom. The van der Waals surface area contributed by atoms with Gasteiger partial charge in [0.1, 0.15) is 11.2 Å². The Morgan fingerprint density at radius 3 is 1.67 bits per heavy atom. The van der Waals surface area contributed by atoms with Crippen LogP contribution in [0.5, 0.6) is 0 Å². The van der Waals surface area contributed by atoms with Gasteiger partial charge in [-0.3, -0.25) is 0 Å². The van der Waals surface area contributed by atoms with Gasteiger partial charge in [0.15, 0.2) is 17.5 Å². The molecule has 0 saturated carbocycles. The number of furan rings is 1. The van der Waals surface area contributed by atoms with Gasteiger partial charge in [-0.2, -0.15) is 0 Å². The number of rotatable bonds is 5. The van der Waals surface area contributed by atoms with Crippen molar-refractivity contribution in [1.29, 1.82) is 0 Å². The Morgan fingerprint density at radius 1 is 0.404 bits per heavy atom. The lowest BCUT2D eigenvalue weighted by Crippen LogP contribution is -2.00. The summed E-state index contributed by atoms with van der Waals surface area (Å²) in [6, 6.07) is 63.8. The molecule has 0 N–H and O–H groups in total. The Hall–Kier alpha value is -7.41. The molecule has 6 heteroatoms. The number of hydrogen-bond donors (Lipinski definition) is 0. The molecule has 0 atom stereocenters. The molecule has 0 spiro atoms. The molecule has 266 valence electrons. The minimum atomic E-state index is 0.569. The van der Waals surface area contributed by atoms with Gasteiger partial charge in [0.05, 0.1) is 22.3 Å². The van der Waals surface area contributed by atoms with Crippen LogP contribution in [0.2, 0.25) is 0 Å². The Kier molecular flexibility index (Phi) is 7.03. The second-order valence-electron chi connectivity index (χ2n) is 14.3. The van der Waals surface area contributed by atoms with E-state index in [1.54, 1.807) is 0 Å². The normalized spacial score (nSPS) is 11.9. The van der Waals surface area contributed by atoms with Gasteiger partial charge in [-0.05, 0) is 59.7 Å². The molecule has 0 aliphatic rings. The summed E-state index contributed by atoms with van der Waals surface area (Å²) < 4.78 is 11.8. The first-order valence-corrected chi connectivity index (χ1v) is 19.8. The van der Waals surface area contributed by atoms with Crippen molar-refractivity contribution in [2.75, 3.05) is 0 Å². The monoisotopic (exact) mass is 746 g/mol. The number of fused-ring (bicyclic) bond motifs is 9. The van der Waals surface area contributed by atoms with Crippen LogP contribution >= 0.6 is 11.3 Å². The van der Waals surface area contributed by atoms with Crippen LogP contribution in [-0.4, -0.2) is 19.5 Å². The van der Waals surface area contributed by atoms with E-state index in [1.807, 2.05) is 78.1 Å². The van der Waals surface area contributed by atoms with Gasteiger partial charge in [0, 0.05) is 52.8 Å². The van der Waals surface area contributed by atoms with Crippen LogP contribution in [0.1, 0.15) is 0 Å². The molecule has 57 heavy (non-hydrogen) atoms. The molecule has 0 saturated heterocycles. The summed E-state index contributed by atoms with van der Waals surface area (Å²) in [7, 11) is 0. The number of aromatic nitrogens is 4. The lowest BCUT2D eigenvalue weighted by molar-refractivity contribution is 0.669. The van der Waals surface area contributed by atoms with Crippen molar-refractivity contribution in [3.8, 4) is 51.0 Å². The lowest BCUT2D eigenvalue weighted by Gasteiger charge is -2.12. The van der Waals surface area contributed by atoms with E-state index in [0.29, 0.717) is 17.5 Å². The quantitative estimate of drug-likeness (QED) is 0.176. The van der Waals surface area contributed by atoms with Gasteiger partial charge in [0.2, 0.25) is 0 Å². The van der Waals surface area contributed by atoms with Crippen LogP contribution in [0.4, 0.5) is 0 Å². The summed E-state index contributed by atoms with van der Waals surface area (Å²) >= 11 is 1.84. The topological polar surface area (TPSA) is 56.7 Å². The summed E-state index contributed by atoms with van der Waals surface area (Å²) in [6.45, 7) is 0. The fourth-order valence-corrected chi connectivity index (χ4v) is 9.68. The number of benzene rings is 8. The first-order chi connectivity index (χ1) is 28.3. The van der Waals surface area contributed by atoms with E-state index in [-0.39, 0.29) is 0 Å². The van der Waals surface area contributed by atoms with E-state index in [4.69, 9.17) is 19.4 Å². The van der Waals surface area contributed by atoms with E-state index < -0.39 is 0 Å². The molecule has 0 aliphatic carbocycles. The molecule has 8 aromatic carbocycles. The molecular weight excluding hydrogens is 717 g/mol. The zero-order valence-electron chi connectivity index (χ0n) is 30.4. The number of nitrogens with zero attached hydrogens (tertiary/aromatic N) is 4. The standard InChI is InChI=1S/C51H30N4OS/c1-3-14-31(15-4-1)49-52-50(32-16-5-2-6-17-32)54-51(53-49)39-22-11-21-38-37-29-28-33(30-43(37)56-48(38)39)34-20-12-26-44-46(34)47-42(25-13-27-45(47)57-44)55-40-23-9-7-18-35(40)36-19-8-10-24-41(36)55/h1-30H. The van der Waals surface area contributed by atoms with Crippen molar-refractivity contribution < 1.29 is 4.42 Å². The van der Waals surface area contributed by atoms with Gasteiger partial charge in [-0.25, -0.2) is 15.0 Å². The van der Waals surface area contributed by atoms with E-state index >= 15 is 0 Å². The highest BCUT2D eigenvalue weighted by molar-refractivity contribution is 7.26. The molecule has 12 rings (SSSR count). The Balaban J connectivity index is 1.05. The molecule has 4 aromatic heterocycles. The van der Waals surface area contributed by atoms with Crippen molar-refractivity contribution in [1.82, 2.24) is 19.5 Å². The molecule has 0 bridgehead atoms. The van der Waals surface area contributed by atoms with Crippen LogP contribution < -0.4 is 0 Å². The maximum Gasteiger partial charge on any atom is 0.167 e. The molecule has 5 nitrogen and oxygen atoms in total. The van der Waals surface area contributed by atoms with Crippen LogP contribution in [0, 0.1) is 0 Å². The van der Waals surface area contributed by atoms with Gasteiger partial charge in [0.25, 0.3) is 0 Å². The average Bonchev–Trinajstić information content (AvgIpc) is 3.96. The SMILES string of the molecule is c1ccc(-c2nc(-c3ccccc3)nc(-c3cccc4c3oc3cc(-c5cccc6sc7cccc(-n8c9ccccc9c9ccccc98)c7c56)ccc34)n2)cc1. The largest absolute Gasteiger partial charge is 0.455 e. The molecule has 0 fully saturated rings. The number of thiophene rings is 1. The average molecular weight is 747 g/mol. The number of para-hydroxylation sites is 3. The highest BCUT2D eigenvalue weighted by Crippen LogP contribution is 2.45. The van der Waals surface area contributed by atoms with Crippen molar-refractivity contribution in [2.24, 2.45) is 0 Å². The minimum Gasteiger partial charge on any atom is -0.455 e. The van der Waals surface area contributed by atoms with Crippen molar-refractivity contribution in [3.05, 3.63) is 182 Å². The second-order valence-corrected chi connectivity index (χ2v) is 15.4. The van der Waals surface area contributed by atoms with Gasteiger partial charge >= 0.3 is 0 Å². The van der Waals surface area contributed by atoms with E-state index in [2.05, 4.69) is 120 Å². The highest BCUT2D eigenvalue weighted by atomic mass is 32.1. The third-order valence-corrected chi connectivity index (χ3v) is 12.2. The highest BCUT2D eigenvalue weighted by Gasteiger charge is 2.21. The molecule has 0 aliphatic heterocycles. The van der Waals surface area contributed by atoms with E-state index in [1.165, 1.54) is 53.2 Å². The fourth-order valence-electron chi connectivity index (χ4n) is 8.53. The first kappa shape index (κ1) is 31.9. The van der Waals surface area contributed by atoms with Crippen molar-refractivity contribution in [3.63, 3.8) is 0 Å². The summed E-state index contributed by atoms with van der Waals surface area (Å²) in [4.78, 5) is 15.0. The van der Waals surface area contributed by atoms with Gasteiger partial charge in [-0.1, -0.05) is 133 Å². The maximum absolute atomic E-state index is 6.85. The van der Waals surface area contributed by atoms with E-state index in [9.17, 15) is 0 Å². The molecule has 0 unspecified atom stereocenters. The third-order valence-electron chi connectivity index (χ3n) is 11.1. The summed E-state index contributed by atoms with van der Waals surface area (Å²) in [6.07, 6.45) is 0. The van der Waals surface area contributed by atoms with Crippen LogP contribution in [-0.2, 0) is 0 Å². The van der Waals surface area contributed by atoms with Crippen LogP contribution in [0.3, 0.4) is 0 Å². The molecule has 0 radical (unpaired) electrons. The third kappa shape index (κ3) is 4.98. The summed E-state index contributed by atoms with van der Waals surface area (Å²) in [5, 5.41) is 7.08. The molecular formula is C51H30N4OS. The minimum absolute atomic E-state index is 0.569. The second kappa shape index (κ2) is 12.6. The lowest BCUT2D eigenvalue weighted by atomic mass is 9.97. The summed E-state index contributed by atoms with van der Waals surface area (Å²) in [5.41, 5.74) is 10.1. The summed E-state index contributed by atoms with van der Waals surface area (Å²) in [5.74, 6) is 1.80. The smallest absolute Gasteiger partial charge is 0.167 e. The fraction of sp³-hybridized carbons (Fsp3) is 0. The predicted molar refractivity (Wildman–Crippen MR) is 236 cm³/mol. The van der Waals surface area contributed by atoms with Crippen molar-refractivity contribution in [2.45, 2.75) is 0 Å². The Labute approximate surface area is 330 Å². The van der Waals surface area contributed by atoms with Crippen LogP contribution in [0.25, 0.3) is 115 Å². The van der Waals surface area contributed by atoms with Gasteiger partial charge in [-0.15, -0.1) is 11.3 Å². The zero-order chi connectivity index (χ0) is 37.5.